The standard InChI is InChI=1S/C8H5ClFN3O/c9-5-2-1-4(3-6(5)10)7-12-13-8(11)14-7/h1-3H,(H2,11,13). The molecular formula is C8H5ClFN3O. The molecule has 0 amide bonds. The van der Waals surface area contributed by atoms with Gasteiger partial charge in [0.2, 0.25) is 5.89 Å². The highest BCUT2D eigenvalue weighted by molar-refractivity contribution is 6.30. The molecule has 6 heteroatoms. The van der Waals surface area contributed by atoms with E-state index in [1.165, 1.54) is 12.1 Å². The van der Waals surface area contributed by atoms with E-state index < -0.39 is 5.82 Å². The van der Waals surface area contributed by atoms with Crippen molar-refractivity contribution in [1.29, 1.82) is 0 Å². The van der Waals surface area contributed by atoms with Crippen molar-refractivity contribution in [3.05, 3.63) is 29.0 Å². The molecule has 0 radical (unpaired) electrons. The molecule has 0 fully saturated rings. The summed E-state index contributed by atoms with van der Waals surface area (Å²) in [4.78, 5) is 0. The van der Waals surface area contributed by atoms with Gasteiger partial charge in [-0.2, -0.15) is 0 Å². The van der Waals surface area contributed by atoms with Gasteiger partial charge in [-0.25, -0.2) is 4.39 Å². The molecule has 2 N–H and O–H groups in total. The fourth-order valence-electron chi connectivity index (χ4n) is 0.980. The molecule has 0 aliphatic heterocycles. The number of hydrogen-bond donors (Lipinski definition) is 1. The van der Waals surface area contributed by atoms with Crippen molar-refractivity contribution < 1.29 is 8.81 Å². The smallest absolute Gasteiger partial charge is 0.313 e. The van der Waals surface area contributed by atoms with Crippen LogP contribution in [0.4, 0.5) is 10.4 Å². The number of aromatic nitrogens is 2. The Hall–Kier alpha value is -1.62. The topological polar surface area (TPSA) is 64.9 Å². The molecule has 0 unspecified atom stereocenters. The zero-order valence-electron chi connectivity index (χ0n) is 6.87. The van der Waals surface area contributed by atoms with Gasteiger partial charge in [0.15, 0.2) is 0 Å². The molecule has 1 aromatic carbocycles. The molecule has 72 valence electrons. The van der Waals surface area contributed by atoms with E-state index in [2.05, 4.69) is 10.2 Å². The third-order valence-corrected chi connectivity index (χ3v) is 1.91. The Morgan fingerprint density at radius 3 is 2.71 bits per heavy atom. The molecule has 0 saturated carbocycles. The highest BCUT2D eigenvalue weighted by atomic mass is 35.5. The number of nitrogens with zero attached hydrogens (tertiary/aromatic N) is 2. The lowest BCUT2D eigenvalue weighted by atomic mass is 10.2. The molecule has 0 saturated heterocycles. The van der Waals surface area contributed by atoms with Gasteiger partial charge < -0.3 is 10.2 Å². The van der Waals surface area contributed by atoms with E-state index in [0.29, 0.717) is 5.56 Å². The van der Waals surface area contributed by atoms with E-state index in [9.17, 15) is 4.39 Å². The van der Waals surface area contributed by atoms with Crippen molar-refractivity contribution in [2.24, 2.45) is 0 Å². The number of benzene rings is 1. The molecule has 2 aromatic rings. The lowest BCUT2D eigenvalue weighted by molar-refractivity contribution is 0.587. The summed E-state index contributed by atoms with van der Waals surface area (Å²) in [6.07, 6.45) is 0. The number of hydrogen-bond acceptors (Lipinski definition) is 4. The van der Waals surface area contributed by atoms with Gasteiger partial charge in [0.1, 0.15) is 5.82 Å². The van der Waals surface area contributed by atoms with Crippen molar-refractivity contribution in [2.45, 2.75) is 0 Å². The third kappa shape index (κ3) is 1.54. The van der Waals surface area contributed by atoms with Crippen LogP contribution in [-0.2, 0) is 0 Å². The highest BCUT2D eigenvalue weighted by Crippen LogP contribution is 2.23. The van der Waals surface area contributed by atoms with Crippen LogP contribution in [0.5, 0.6) is 0 Å². The minimum absolute atomic E-state index is 0.0428. The predicted molar refractivity (Wildman–Crippen MR) is 49.1 cm³/mol. The average molecular weight is 214 g/mol. The van der Waals surface area contributed by atoms with Crippen LogP contribution < -0.4 is 5.73 Å². The number of anilines is 1. The zero-order chi connectivity index (χ0) is 10.1. The van der Waals surface area contributed by atoms with Crippen molar-refractivity contribution in [3.63, 3.8) is 0 Å². The molecule has 0 spiro atoms. The maximum absolute atomic E-state index is 13.0. The Kier molecular flexibility index (Phi) is 2.09. The Bertz CT molecular complexity index is 471. The minimum Gasteiger partial charge on any atom is -0.404 e. The molecule has 2 rings (SSSR count). The summed E-state index contributed by atoms with van der Waals surface area (Å²) in [5.41, 5.74) is 5.66. The largest absolute Gasteiger partial charge is 0.404 e. The van der Waals surface area contributed by atoms with Crippen LogP contribution in [0.1, 0.15) is 0 Å². The van der Waals surface area contributed by atoms with Gasteiger partial charge in [-0.1, -0.05) is 16.7 Å². The first-order valence-electron chi connectivity index (χ1n) is 3.71. The summed E-state index contributed by atoms with van der Waals surface area (Å²) in [6.45, 7) is 0. The van der Waals surface area contributed by atoms with E-state index in [-0.39, 0.29) is 16.9 Å². The van der Waals surface area contributed by atoms with Crippen molar-refractivity contribution in [2.75, 3.05) is 5.73 Å². The number of rotatable bonds is 1. The van der Waals surface area contributed by atoms with E-state index in [4.69, 9.17) is 21.8 Å². The summed E-state index contributed by atoms with van der Waals surface area (Å²) < 4.78 is 17.9. The SMILES string of the molecule is Nc1nnc(-c2ccc(Cl)c(F)c2)o1. The van der Waals surface area contributed by atoms with E-state index in [1.807, 2.05) is 0 Å². The van der Waals surface area contributed by atoms with E-state index in [1.54, 1.807) is 6.07 Å². The summed E-state index contributed by atoms with van der Waals surface area (Å²) in [6, 6.07) is 4.12. The Labute approximate surface area is 83.5 Å². The second kappa shape index (κ2) is 3.26. The monoisotopic (exact) mass is 213 g/mol. The van der Waals surface area contributed by atoms with Gasteiger partial charge in [-0.05, 0) is 18.2 Å². The fourth-order valence-corrected chi connectivity index (χ4v) is 1.10. The van der Waals surface area contributed by atoms with Crippen molar-refractivity contribution >= 4 is 17.6 Å². The molecule has 14 heavy (non-hydrogen) atoms. The van der Waals surface area contributed by atoms with E-state index in [0.717, 1.165) is 0 Å². The van der Waals surface area contributed by atoms with Gasteiger partial charge in [0.05, 0.1) is 5.02 Å². The molecular weight excluding hydrogens is 209 g/mol. The average Bonchev–Trinajstić information content (AvgIpc) is 2.57. The Morgan fingerprint density at radius 1 is 1.36 bits per heavy atom. The number of nitrogen functional groups attached to an aromatic ring is 1. The highest BCUT2D eigenvalue weighted by Gasteiger charge is 2.08. The second-order valence-electron chi connectivity index (χ2n) is 2.57. The minimum atomic E-state index is -0.541. The van der Waals surface area contributed by atoms with Crippen LogP contribution >= 0.6 is 11.6 Å². The van der Waals surface area contributed by atoms with Gasteiger partial charge in [0.25, 0.3) is 0 Å². The molecule has 4 nitrogen and oxygen atoms in total. The van der Waals surface area contributed by atoms with Crippen LogP contribution in [0.3, 0.4) is 0 Å². The normalized spacial score (nSPS) is 10.4. The third-order valence-electron chi connectivity index (χ3n) is 1.61. The molecule has 0 aliphatic carbocycles. The van der Waals surface area contributed by atoms with Crippen LogP contribution in [0.2, 0.25) is 5.02 Å². The Morgan fingerprint density at radius 2 is 2.14 bits per heavy atom. The van der Waals surface area contributed by atoms with Gasteiger partial charge in [-0.15, -0.1) is 5.10 Å². The fraction of sp³-hybridized carbons (Fsp3) is 0. The van der Waals surface area contributed by atoms with Gasteiger partial charge in [-0.3, -0.25) is 0 Å². The number of halogens is 2. The van der Waals surface area contributed by atoms with Crippen molar-refractivity contribution in [3.8, 4) is 11.5 Å². The molecule has 0 aliphatic rings. The quantitative estimate of drug-likeness (QED) is 0.788. The molecule has 1 heterocycles. The molecule has 0 atom stereocenters. The van der Waals surface area contributed by atoms with Crippen LogP contribution in [-0.4, -0.2) is 10.2 Å². The first-order chi connectivity index (χ1) is 6.66. The zero-order valence-corrected chi connectivity index (χ0v) is 7.62. The van der Waals surface area contributed by atoms with Gasteiger partial charge >= 0.3 is 6.01 Å². The number of nitrogens with two attached hydrogens (primary N) is 1. The second-order valence-corrected chi connectivity index (χ2v) is 2.98. The summed E-state index contributed by atoms with van der Waals surface area (Å²) in [5, 5.41) is 7.10. The first kappa shape index (κ1) is 8.96. The lowest BCUT2D eigenvalue weighted by Crippen LogP contribution is -1.81. The molecule has 1 aromatic heterocycles. The maximum atomic E-state index is 13.0. The Balaban J connectivity index is 2.47. The van der Waals surface area contributed by atoms with Gasteiger partial charge in [0, 0.05) is 5.56 Å². The first-order valence-corrected chi connectivity index (χ1v) is 4.09. The molecule has 0 bridgehead atoms. The lowest BCUT2D eigenvalue weighted by Gasteiger charge is -1.96. The van der Waals surface area contributed by atoms with Crippen molar-refractivity contribution in [1.82, 2.24) is 10.2 Å². The maximum Gasteiger partial charge on any atom is 0.313 e. The summed E-state index contributed by atoms with van der Waals surface area (Å²) >= 11 is 5.51. The van der Waals surface area contributed by atoms with E-state index >= 15 is 0 Å². The summed E-state index contributed by atoms with van der Waals surface area (Å²) in [5.74, 6) is -0.376. The van der Waals surface area contributed by atoms with Crippen LogP contribution in [0.25, 0.3) is 11.5 Å². The summed E-state index contributed by atoms with van der Waals surface area (Å²) in [7, 11) is 0. The predicted octanol–water partition coefficient (Wildman–Crippen LogP) is 2.11. The van der Waals surface area contributed by atoms with Crippen LogP contribution in [0, 0.1) is 5.82 Å². The van der Waals surface area contributed by atoms with Crippen LogP contribution in [0.15, 0.2) is 22.6 Å².